The van der Waals surface area contributed by atoms with Crippen molar-refractivity contribution in [3.05, 3.63) is 109 Å². The summed E-state index contributed by atoms with van der Waals surface area (Å²) in [4.78, 5) is 18.0. The van der Waals surface area contributed by atoms with Gasteiger partial charge in [-0.05, 0) is 46.5 Å². The third kappa shape index (κ3) is 5.05. The van der Waals surface area contributed by atoms with Gasteiger partial charge in [0.25, 0.3) is 0 Å². The van der Waals surface area contributed by atoms with Crippen molar-refractivity contribution in [3.63, 3.8) is 0 Å². The van der Waals surface area contributed by atoms with Crippen molar-refractivity contribution < 1.29 is 4.74 Å². The second-order valence-corrected chi connectivity index (χ2v) is 9.05. The Morgan fingerprint density at radius 2 is 1.05 bits per heavy atom. The summed E-state index contributed by atoms with van der Waals surface area (Å²) >= 11 is 0. The first-order chi connectivity index (χ1) is 18.7. The lowest BCUT2D eigenvalue weighted by molar-refractivity contribution is 0.122. The highest BCUT2D eigenvalue weighted by Gasteiger charge is 2.21. The second kappa shape index (κ2) is 10.7. The van der Waals surface area contributed by atoms with Gasteiger partial charge in [-0.15, -0.1) is 0 Å². The zero-order valence-electron chi connectivity index (χ0n) is 20.9. The number of morpholine rings is 1. The largest absolute Gasteiger partial charge is 0.378 e. The molecular formula is C31H28N6O. The lowest BCUT2D eigenvalue weighted by atomic mass is 10.0. The minimum absolute atomic E-state index is 0.184. The van der Waals surface area contributed by atoms with Crippen molar-refractivity contribution in [1.29, 1.82) is 0 Å². The van der Waals surface area contributed by atoms with Crippen molar-refractivity contribution in [1.82, 2.24) is 15.0 Å². The van der Waals surface area contributed by atoms with E-state index in [2.05, 4.69) is 87.7 Å². The molecule has 0 bridgehead atoms. The highest BCUT2D eigenvalue weighted by atomic mass is 16.5. The number of aromatic nitrogens is 3. The van der Waals surface area contributed by atoms with Crippen LogP contribution >= 0.6 is 0 Å². The Hall–Kier alpha value is -4.75. The SMILES string of the molecule is Nc1nc(N2CCOCC2)nc(N(c2ccc(-c3ccccc3)cc2)c2ccc(-c3ccccc3)cc2)n1. The monoisotopic (exact) mass is 500 g/mol. The first-order valence-electron chi connectivity index (χ1n) is 12.7. The lowest BCUT2D eigenvalue weighted by Crippen LogP contribution is -2.37. The lowest BCUT2D eigenvalue weighted by Gasteiger charge is -2.28. The van der Waals surface area contributed by atoms with E-state index in [1.165, 1.54) is 0 Å². The Labute approximate surface area is 222 Å². The van der Waals surface area contributed by atoms with Crippen LogP contribution in [-0.2, 0) is 4.74 Å². The number of nitrogen functional groups attached to an aromatic ring is 1. The van der Waals surface area contributed by atoms with Gasteiger partial charge in [0.15, 0.2) is 0 Å². The normalized spacial score (nSPS) is 13.3. The molecule has 0 saturated carbocycles. The van der Waals surface area contributed by atoms with Crippen LogP contribution in [-0.4, -0.2) is 41.3 Å². The van der Waals surface area contributed by atoms with Gasteiger partial charge in [-0.25, -0.2) is 0 Å². The molecule has 0 amide bonds. The average Bonchev–Trinajstić information content (AvgIpc) is 2.99. The van der Waals surface area contributed by atoms with E-state index in [1.807, 2.05) is 41.3 Å². The van der Waals surface area contributed by atoms with E-state index in [4.69, 9.17) is 15.5 Å². The Morgan fingerprint density at radius 1 is 0.579 bits per heavy atom. The number of ether oxygens (including phenoxy) is 1. The van der Waals surface area contributed by atoms with Gasteiger partial charge in [-0.2, -0.15) is 15.0 Å². The first-order valence-corrected chi connectivity index (χ1v) is 12.7. The molecule has 2 heterocycles. The predicted octanol–water partition coefficient (Wildman–Crippen LogP) is 6.09. The molecule has 0 spiro atoms. The molecular weight excluding hydrogens is 472 g/mol. The molecule has 1 aliphatic heterocycles. The van der Waals surface area contributed by atoms with E-state index in [-0.39, 0.29) is 5.95 Å². The number of anilines is 5. The molecule has 0 atom stereocenters. The smallest absolute Gasteiger partial charge is 0.241 e. The number of hydrogen-bond acceptors (Lipinski definition) is 7. The highest BCUT2D eigenvalue weighted by molar-refractivity contribution is 5.77. The van der Waals surface area contributed by atoms with Crippen LogP contribution in [0.4, 0.5) is 29.2 Å². The average molecular weight is 501 g/mol. The molecule has 7 heteroatoms. The van der Waals surface area contributed by atoms with Crippen molar-refractivity contribution >= 4 is 29.2 Å². The summed E-state index contributed by atoms with van der Waals surface area (Å²) < 4.78 is 5.51. The summed E-state index contributed by atoms with van der Waals surface area (Å²) in [6.45, 7) is 2.68. The molecule has 7 nitrogen and oxygen atoms in total. The van der Waals surface area contributed by atoms with Crippen LogP contribution in [0.2, 0.25) is 0 Å². The maximum absolute atomic E-state index is 6.21. The highest BCUT2D eigenvalue weighted by Crippen LogP contribution is 2.35. The maximum Gasteiger partial charge on any atom is 0.241 e. The van der Waals surface area contributed by atoms with Gasteiger partial charge in [0, 0.05) is 24.5 Å². The van der Waals surface area contributed by atoms with Crippen LogP contribution in [0.5, 0.6) is 0 Å². The van der Waals surface area contributed by atoms with Crippen LogP contribution in [0.25, 0.3) is 22.3 Å². The van der Waals surface area contributed by atoms with Crippen LogP contribution in [0.3, 0.4) is 0 Å². The van der Waals surface area contributed by atoms with Gasteiger partial charge < -0.3 is 15.4 Å². The summed E-state index contributed by atoms with van der Waals surface area (Å²) in [6, 6.07) is 37.5. The Balaban J connectivity index is 1.42. The first kappa shape index (κ1) is 23.6. The summed E-state index contributed by atoms with van der Waals surface area (Å²) in [5.74, 6) is 1.21. The molecule has 6 rings (SSSR count). The third-order valence-electron chi connectivity index (χ3n) is 6.59. The summed E-state index contributed by atoms with van der Waals surface area (Å²) in [5, 5.41) is 0. The zero-order chi connectivity index (χ0) is 25.7. The molecule has 188 valence electrons. The maximum atomic E-state index is 6.21. The molecule has 2 N–H and O–H groups in total. The molecule has 0 aliphatic carbocycles. The fourth-order valence-corrected chi connectivity index (χ4v) is 4.62. The Morgan fingerprint density at radius 3 is 1.55 bits per heavy atom. The van der Waals surface area contributed by atoms with Crippen LogP contribution < -0.4 is 15.5 Å². The molecule has 5 aromatic rings. The number of hydrogen-bond donors (Lipinski definition) is 1. The minimum Gasteiger partial charge on any atom is -0.378 e. The molecule has 1 saturated heterocycles. The third-order valence-corrected chi connectivity index (χ3v) is 6.59. The van der Waals surface area contributed by atoms with Crippen molar-refractivity contribution in [2.45, 2.75) is 0 Å². The van der Waals surface area contributed by atoms with E-state index in [1.54, 1.807) is 0 Å². The Kier molecular flexibility index (Phi) is 6.66. The molecule has 0 unspecified atom stereocenters. The van der Waals surface area contributed by atoms with Crippen molar-refractivity contribution in [2.24, 2.45) is 0 Å². The van der Waals surface area contributed by atoms with Crippen molar-refractivity contribution in [3.8, 4) is 22.3 Å². The summed E-state index contributed by atoms with van der Waals surface area (Å²) in [7, 11) is 0. The number of nitrogens with zero attached hydrogens (tertiary/aromatic N) is 5. The molecule has 1 aromatic heterocycles. The van der Waals surface area contributed by atoms with Gasteiger partial charge in [0.1, 0.15) is 0 Å². The van der Waals surface area contributed by atoms with E-state index in [0.29, 0.717) is 38.2 Å². The summed E-state index contributed by atoms with van der Waals surface area (Å²) in [6.07, 6.45) is 0. The van der Waals surface area contributed by atoms with Crippen LogP contribution in [0, 0.1) is 0 Å². The van der Waals surface area contributed by atoms with E-state index in [0.717, 1.165) is 33.6 Å². The zero-order valence-corrected chi connectivity index (χ0v) is 20.9. The molecule has 1 aliphatic rings. The molecule has 0 radical (unpaired) electrons. The van der Waals surface area contributed by atoms with E-state index >= 15 is 0 Å². The quantitative estimate of drug-likeness (QED) is 0.302. The van der Waals surface area contributed by atoms with Gasteiger partial charge >= 0.3 is 0 Å². The minimum atomic E-state index is 0.184. The van der Waals surface area contributed by atoms with Crippen LogP contribution in [0.1, 0.15) is 0 Å². The topological polar surface area (TPSA) is 80.4 Å². The van der Waals surface area contributed by atoms with Gasteiger partial charge in [-0.1, -0.05) is 84.9 Å². The number of rotatable bonds is 6. The number of benzene rings is 4. The van der Waals surface area contributed by atoms with Crippen molar-refractivity contribution in [2.75, 3.05) is 41.8 Å². The predicted molar refractivity (Wildman–Crippen MR) is 153 cm³/mol. The molecule has 38 heavy (non-hydrogen) atoms. The standard InChI is InChI=1S/C31H28N6O/c32-29-33-30(36-19-21-38-22-20-36)35-31(34-29)37(27-15-11-25(12-16-27)23-7-3-1-4-8-23)28-17-13-26(14-18-28)24-9-5-2-6-10-24/h1-18H,19-22H2,(H2,32,33,34,35). The van der Waals surface area contributed by atoms with Crippen LogP contribution in [0.15, 0.2) is 109 Å². The molecule has 4 aromatic carbocycles. The van der Waals surface area contributed by atoms with E-state index < -0.39 is 0 Å². The molecule has 1 fully saturated rings. The fraction of sp³-hybridized carbons (Fsp3) is 0.129. The number of nitrogens with two attached hydrogens (primary N) is 1. The second-order valence-electron chi connectivity index (χ2n) is 9.05. The van der Waals surface area contributed by atoms with Gasteiger partial charge in [0.2, 0.25) is 17.8 Å². The fourth-order valence-electron chi connectivity index (χ4n) is 4.62. The van der Waals surface area contributed by atoms with Gasteiger partial charge in [-0.3, -0.25) is 4.90 Å². The Bertz CT molecular complexity index is 1400. The van der Waals surface area contributed by atoms with E-state index in [9.17, 15) is 0 Å². The van der Waals surface area contributed by atoms with Gasteiger partial charge in [0.05, 0.1) is 13.2 Å². The summed E-state index contributed by atoms with van der Waals surface area (Å²) in [5.41, 5.74) is 12.7.